The van der Waals surface area contributed by atoms with E-state index >= 15 is 0 Å². The third kappa shape index (κ3) is 1.41. The lowest BCUT2D eigenvalue weighted by molar-refractivity contribution is 1.64. The van der Waals surface area contributed by atoms with Crippen LogP contribution in [0.1, 0.15) is 0 Å². The van der Waals surface area contributed by atoms with Gasteiger partial charge in [0.25, 0.3) is 0 Å². The van der Waals surface area contributed by atoms with Gasteiger partial charge in [-0.25, -0.2) is 0 Å². The first-order chi connectivity index (χ1) is 5.77. The molecule has 0 fully saturated rings. The number of rotatable bonds is 0. The second-order valence-electron chi connectivity index (χ2n) is 2.54. The minimum atomic E-state index is 1.08. The molecule has 0 heterocycles. The van der Waals surface area contributed by atoms with Gasteiger partial charge in [0.15, 0.2) is 0 Å². The minimum Gasteiger partial charge on any atom is -0.0537 e. The molecule has 0 bridgehead atoms. The van der Waals surface area contributed by atoms with E-state index in [0.717, 1.165) is 8.95 Å². The molecule has 0 saturated carbocycles. The van der Waals surface area contributed by atoms with E-state index in [9.17, 15) is 0 Å². The van der Waals surface area contributed by atoms with Crippen LogP contribution in [0.25, 0.3) is 10.8 Å². The molecule has 0 aromatic heterocycles. The van der Waals surface area contributed by atoms with Crippen molar-refractivity contribution in [3.63, 3.8) is 0 Å². The average molecular weight is 285 g/mol. The summed E-state index contributed by atoms with van der Waals surface area (Å²) in [5.74, 6) is 0. The maximum absolute atomic E-state index is 3.46. The number of hydrogen-bond acceptors (Lipinski definition) is 0. The largest absolute Gasteiger partial charge is 0.0537 e. The Labute approximate surface area is 87.8 Å². The zero-order chi connectivity index (χ0) is 8.55. The fraction of sp³-hybridized carbons (Fsp3) is 0. The number of benzene rings is 2. The first-order valence-corrected chi connectivity index (χ1v) is 5.11. The van der Waals surface area contributed by atoms with Crippen molar-refractivity contribution in [1.29, 1.82) is 0 Å². The number of halogens is 2. The highest BCUT2D eigenvalue weighted by molar-refractivity contribution is 9.13. The third-order valence-corrected chi connectivity index (χ3v) is 3.57. The van der Waals surface area contributed by atoms with Crippen molar-refractivity contribution in [3.05, 3.63) is 45.3 Å². The highest BCUT2D eigenvalue weighted by Gasteiger charge is 1.98. The van der Waals surface area contributed by atoms with E-state index in [0.29, 0.717) is 0 Å². The Kier molecular flexibility index (Phi) is 2.20. The zero-order valence-electron chi connectivity index (χ0n) is 6.14. The van der Waals surface area contributed by atoms with Gasteiger partial charge in [-0.3, -0.25) is 0 Å². The van der Waals surface area contributed by atoms with Gasteiger partial charge < -0.3 is 0 Å². The fourth-order valence-electron chi connectivity index (χ4n) is 1.12. The van der Waals surface area contributed by atoms with E-state index in [1.54, 1.807) is 0 Å². The molecule has 12 heavy (non-hydrogen) atoms. The van der Waals surface area contributed by atoms with Crippen LogP contribution < -0.4 is 0 Å². The lowest BCUT2D eigenvalue weighted by Gasteiger charge is -1.99. The molecule has 0 saturated heterocycles. The zero-order valence-corrected chi connectivity index (χ0v) is 9.31. The SMILES string of the molecule is Brc1cc2c[c]ccc2cc1Br. The van der Waals surface area contributed by atoms with Crippen LogP contribution in [0.15, 0.2) is 39.3 Å². The van der Waals surface area contributed by atoms with Gasteiger partial charge in [-0.15, -0.1) is 0 Å². The van der Waals surface area contributed by atoms with Gasteiger partial charge in [0.1, 0.15) is 0 Å². The summed E-state index contributed by atoms with van der Waals surface area (Å²) in [7, 11) is 0. The summed E-state index contributed by atoms with van der Waals surface area (Å²) in [6, 6.07) is 13.2. The van der Waals surface area contributed by atoms with Crippen LogP contribution >= 0.6 is 31.9 Å². The van der Waals surface area contributed by atoms with Crippen molar-refractivity contribution in [2.24, 2.45) is 0 Å². The third-order valence-electron chi connectivity index (χ3n) is 1.72. The van der Waals surface area contributed by atoms with Gasteiger partial charge in [-0.05, 0) is 66.9 Å². The van der Waals surface area contributed by atoms with Crippen LogP contribution in [0.3, 0.4) is 0 Å². The summed E-state index contributed by atoms with van der Waals surface area (Å²) in [4.78, 5) is 0. The Morgan fingerprint density at radius 1 is 1.00 bits per heavy atom. The van der Waals surface area contributed by atoms with Crippen LogP contribution in [0, 0.1) is 6.07 Å². The lowest BCUT2D eigenvalue weighted by Crippen LogP contribution is -1.73. The predicted molar refractivity (Wildman–Crippen MR) is 58.2 cm³/mol. The molecule has 0 amide bonds. The molecule has 0 spiro atoms. The van der Waals surface area contributed by atoms with E-state index in [1.807, 2.05) is 18.2 Å². The molecule has 2 heteroatoms. The van der Waals surface area contributed by atoms with Crippen molar-refractivity contribution in [1.82, 2.24) is 0 Å². The van der Waals surface area contributed by atoms with Crippen molar-refractivity contribution in [2.75, 3.05) is 0 Å². The van der Waals surface area contributed by atoms with Gasteiger partial charge in [0.05, 0.1) is 0 Å². The van der Waals surface area contributed by atoms with Crippen molar-refractivity contribution in [2.45, 2.75) is 0 Å². The highest BCUT2D eigenvalue weighted by atomic mass is 79.9. The van der Waals surface area contributed by atoms with Gasteiger partial charge in [0.2, 0.25) is 0 Å². The number of hydrogen-bond donors (Lipinski definition) is 0. The maximum atomic E-state index is 3.46. The van der Waals surface area contributed by atoms with E-state index in [2.05, 4.69) is 50.1 Å². The van der Waals surface area contributed by atoms with E-state index < -0.39 is 0 Å². The van der Waals surface area contributed by atoms with Crippen LogP contribution in [-0.4, -0.2) is 0 Å². The van der Waals surface area contributed by atoms with Crippen LogP contribution in [0.5, 0.6) is 0 Å². The molecule has 0 unspecified atom stereocenters. The molecule has 0 aliphatic heterocycles. The van der Waals surface area contributed by atoms with Crippen LogP contribution in [-0.2, 0) is 0 Å². The second-order valence-corrected chi connectivity index (χ2v) is 4.25. The minimum absolute atomic E-state index is 1.08. The highest BCUT2D eigenvalue weighted by Crippen LogP contribution is 2.28. The molecular formula is C10H5Br2. The van der Waals surface area contributed by atoms with Crippen molar-refractivity contribution < 1.29 is 0 Å². The summed E-state index contributed by atoms with van der Waals surface area (Å²) >= 11 is 6.91. The van der Waals surface area contributed by atoms with Gasteiger partial charge >= 0.3 is 0 Å². The first kappa shape index (κ1) is 8.27. The first-order valence-electron chi connectivity index (χ1n) is 3.52. The van der Waals surface area contributed by atoms with Crippen molar-refractivity contribution in [3.8, 4) is 0 Å². The smallest absolute Gasteiger partial charge is 0.0323 e. The molecule has 2 aromatic carbocycles. The Bertz CT molecular complexity index is 381. The average Bonchev–Trinajstić information content (AvgIpc) is 2.07. The summed E-state index contributed by atoms with van der Waals surface area (Å²) in [5, 5.41) is 2.43. The normalized spacial score (nSPS) is 10.5. The van der Waals surface area contributed by atoms with Gasteiger partial charge in [0, 0.05) is 8.95 Å². The standard InChI is InChI=1S/C10H5Br2/c11-9-5-7-3-1-2-4-8(7)6-10(9)12/h1,3-6H. The molecule has 0 aliphatic rings. The second kappa shape index (κ2) is 3.19. The molecule has 0 atom stereocenters. The Morgan fingerprint density at radius 3 is 2.42 bits per heavy atom. The summed E-state index contributed by atoms with van der Waals surface area (Å²) in [6.45, 7) is 0. The Balaban J connectivity index is 2.84. The molecule has 0 aliphatic carbocycles. The molecule has 2 aromatic rings. The van der Waals surface area contributed by atoms with Crippen LogP contribution in [0.2, 0.25) is 0 Å². The van der Waals surface area contributed by atoms with E-state index in [-0.39, 0.29) is 0 Å². The summed E-state index contributed by atoms with van der Waals surface area (Å²) < 4.78 is 2.16. The molecule has 0 nitrogen and oxygen atoms in total. The molecule has 1 radical (unpaired) electrons. The van der Waals surface area contributed by atoms with Gasteiger partial charge in [-0.2, -0.15) is 0 Å². The van der Waals surface area contributed by atoms with Gasteiger partial charge in [-0.1, -0.05) is 12.1 Å². The van der Waals surface area contributed by atoms with E-state index in [4.69, 9.17) is 0 Å². The fourth-order valence-corrected chi connectivity index (χ4v) is 1.84. The maximum Gasteiger partial charge on any atom is 0.0323 e. The summed E-state index contributed by atoms with van der Waals surface area (Å²) in [5.41, 5.74) is 0. The molecular weight excluding hydrogens is 280 g/mol. The molecule has 59 valence electrons. The quantitative estimate of drug-likeness (QED) is 0.681. The number of fused-ring (bicyclic) bond motifs is 1. The monoisotopic (exact) mass is 283 g/mol. The molecule has 0 N–H and O–H groups in total. The van der Waals surface area contributed by atoms with Crippen molar-refractivity contribution >= 4 is 42.6 Å². The Hall–Kier alpha value is -0.340. The van der Waals surface area contributed by atoms with E-state index in [1.165, 1.54) is 10.8 Å². The topological polar surface area (TPSA) is 0 Å². The predicted octanol–water partition coefficient (Wildman–Crippen LogP) is 4.16. The Morgan fingerprint density at radius 2 is 1.67 bits per heavy atom. The lowest BCUT2D eigenvalue weighted by atomic mass is 10.1. The molecule has 2 rings (SSSR count). The summed E-state index contributed by atoms with van der Waals surface area (Å²) in [6.07, 6.45) is 0. The van der Waals surface area contributed by atoms with Crippen LogP contribution in [0.4, 0.5) is 0 Å².